The number of halogens is 3. The molecule has 2 heterocycles. The van der Waals surface area contributed by atoms with Crippen LogP contribution >= 0.6 is 0 Å². The van der Waals surface area contributed by atoms with Crippen molar-refractivity contribution in [3.8, 4) is 5.75 Å². The molecule has 0 spiro atoms. The summed E-state index contributed by atoms with van der Waals surface area (Å²) in [4.78, 5) is 0.0662. The van der Waals surface area contributed by atoms with E-state index in [2.05, 4.69) is 5.10 Å². The summed E-state index contributed by atoms with van der Waals surface area (Å²) in [6, 6.07) is 5.24. The molecule has 1 aliphatic heterocycles. The van der Waals surface area contributed by atoms with Crippen molar-refractivity contribution in [1.82, 2.24) is 9.78 Å². The predicted molar refractivity (Wildman–Crippen MR) is 74.7 cm³/mol. The highest BCUT2D eigenvalue weighted by Gasteiger charge is 2.35. The van der Waals surface area contributed by atoms with Crippen LogP contribution in [0.15, 0.2) is 29.2 Å². The molecule has 9 heteroatoms. The van der Waals surface area contributed by atoms with Crippen LogP contribution < -0.4 is 4.74 Å². The summed E-state index contributed by atoms with van der Waals surface area (Å²) in [5.41, 5.74) is -0.339. The molecular weight excluding hydrogens is 333 g/mol. The van der Waals surface area contributed by atoms with E-state index in [9.17, 15) is 21.6 Å². The van der Waals surface area contributed by atoms with E-state index in [1.807, 2.05) is 0 Å². The molecule has 2 aromatic rings. The van der Waals surface area contributed by atoms with Gasteiger partial charge in [-0.1, -0.05) is 0 Å². The third kappa shape index (κ3) is 3.05. The molecule has 0 bridgehead atoms. The number of aromatic nitrogens is 2. The molecule has 5 nitrogen and oxygen atoms in total. The van der Waals surface area contributed by atoms with Crippen molar-refractivity contribution >= 4 is 9.84 Å². The van der Waals surface area contributed by atoms with Gasteiger partial charge in [0.05, 0.1) is 22.9 Å². The van der Waals surface area contributed by atoms with Crippen molar-refractivity contribution in [2.75, 3.05) is 6.61 Å². The molecule has 0 radical (unpaired) electrons. The minimum atomic E-state index is -4.61. The fourth-order valence-electron chi connectivity index (χ4n) is 2.41. The van der Waals surface area contributed by atoms with E-state index in [-0.39, 0.29) is 10.6 Å². The van der Waals surface area contributed by atoms with Crippen molar-refractivity contribution in [3.05, 3.63) is 41.2 Å². The molecular formula is C14H13F3N2O3S. The second-order valence-corrected chi connectivity index (χ2v) is 7.26. The molecule has 124 valence electrons. The van der Waals surface area contributed by atoms with Crippen molar-refractivity contribution in [2.24, 2.45) is 7.05 Å². The van der Waals surface area contributed by atoms with Gasteiger partial charge in [0.2, 0.25) is 0 Å². The first-order valence-corrected chi connectivity index (χ1v) is 8.41. The summed E-state index contributed by atoms with van der Waals surface area (Å²) in [6.45, 7) is 0.496. The van der Waals surface area contributed by atoms with Gasteiger partial charge in [0, 0.05) is 13.5 Å². The lowest BCUT2D eigenvalue weighted by Crippen LogP contribution is -2.09. The Labute approximate surface area is 130 Å². The molecule has 1 aromatic heterocycles. The molecule has 1 aliphatic rings. The van der Waals surface area contributed by atoms with Crippen LogP contribution in [0.4, 0.5) is 13.2 Å². The van der Waals surface area contributed by atoms with Gasteiger partial charge in [0.15, 0.2) is 15.5 Å². The minimum Gasteiger partial charge on any atom is -0.493 e. The lowest BCUT2D eigenvalue weighted by molar-refractivity contribution is -0.141. The fourth-order valence-corrected chi connectivity index (χ4v) is 3.84. The van der Waals surface area contributed by atoms with Crippen LogP contribution in [0.5, 0.6) is 5.75 Å². The van der Waals surface area contributed by atoms with E-state index in [0.717, 1.165) is 16.3 Å². The minimum absolute atomic E-state index is 0.0194. The monoisotopic (exact) mass is 346 g/mol. The van der Waals surface area contributed by atoms with Crippen LogP contribution in [0.25, 0.3) is 0 Å². The third-order valence-electron chi connectivity index (χ3n) is 3.63. The van der Waals surface area contributed by atoms with E-state index in [1.165, 1.54) is 19.2 Å². The Morgan fingerprint density at radius 3 is 2.70 bits per heavy atom. The van der Waals surface area contributed by atoms with Crippen LogP contribution in [0.1, 0.15) is 17.0 Å². The summed E-state index contributed by atoms with van der Waals surface area (Å²) >= 11 is 0. The van der Waals surface area contributed by atoms with Crippen molar-refractivity contribution in [3.63, 3.8) is 0 Å². The number of aryl methyl sites for hydroxylation is 1. The summed E-state index contributed by atoms with van der Waals surface area (Å²) < 4.78 is 69.1. The molecule has 0 unspecified atom stereocenters. The first-order valence-electron chi connectivity index (χ1n) is 6.75. The highest BCUT2D eigenvalue weighted by molar-refractivity contribution is 7.90. The van der Waals surface area contributed by atoms with E-state index in [1.54, 1.807) is 6.07 Å². The highest BCUT2D eigenvalue weighted by Crippen LogP contribution is 2.31. The van der Waals surface area contributed by atoms with Crippen molar-refractivity contribution < 1.29 is 26.3 Å². The van der Waals surface area contributed by atoms with Gasteiger partial charge in [-0.2, -0.15) is 18.3 Å². The maximum Gasteiger partial charge on any atom is 0.435 e. The molecule has 0 saturated heterocycles. The Morgan fingerprint density at radius 1 is 1.30 bits per heavy atom. The van der Waals surface area contributed by atoms with Gasteiger partial charge in [-0.3, -0.25) is 4.68 Å². The molecule has 0 N–H and O–H groups in total. The Balaban J connectivity index is 1.91. The number of fused-ring (bicyclic) bond motifs is 1. The average molecular weight is 346 g/mol. The van der Waals surface area contributed by atoms with Crippen LogP contribution in [0.2, 0.25) is 0 Å². The van der Waals surface area contributed by atoms with Crippen molar-refractivity contribution in [1.29, 1.82) is 0 Å². The van der Waals surface area contributed by atoms with E-state index >= 15 is 0 Å². The maximum absolute atomic E-state index is 12.6. The second-order valence-electron chi connectivity index (χ2n) is 5.27. The summed E-state index contributed by atoms with van der Waals surface area (Å²) in [5, 5.41) is 3.32. The fraction of sp³-hybridized carbons (Fsp3) is 0.357. The zero-order chi connectivity index (χ0) is 16.8. The number of nitrogens with zero attached hydrogens (tertiary/aromatic N) is 2. The number of rotatable bonds is 3. The molecule has 0 amide bonds. The Hall–Kier alpha value is -2.03. The molecule has 3 rings (SSSR count). The van der Waals surface area contributed by atoms with Gasteiger partial charge in [0.1, 0.15) is 5.75 Å². The summed E-state index contributed by atoms with van der Waals surface area (Å²) in [7, 11) is -2.48. The zero-order valence-corrected chi connectivity index (χ0v) is 12.9. The quantitative estimate of drug-likeness (QED) is 0.856. The van der Waals surface area contributed by atoms with Gasteiger partial charge in [-0.25, -0.2) is 8.42 Å². The standard InChI is InChI=1S/C14H13F3N2O3S/c1-19-10(7-13(18-19)14(15,16)17)8-23(20,21)11-2-3-12-9(6-11)4-5-22-12/h2-3,6-7H,4-5,8H2,1H3. The lowest BCUT2D eigenvalue weighted by atomic mass is 10.2. The first kappa shape index (κ1) is 15.9. The van der Waals surface area contributed by atoms with Crippen LogP contribution in [-0.2, 0) is 35.2 Å². The highest BCUT2D eigenvalue weighted by atomic mass is 32.2. The van der Waals surface area contributed by atoms with Crippen molar-refractivity contribution in [2.45, 2.75) is 23.2 Å². The third-order valence-corrected chi connectivity index (χ3v) is 5.27. The van der Waals surface area contributed by atoms with Gasteiger partial charge < -0.3 is 4.74 Å². The molecule has 0 saturated carbocycles. The number of ether oxygens (including phenoxy) is 1. The lowest BCUT2D eigenvalue weighted by Gasteiger charge is -2.06. The van der Waals surface area contributed by atoms with Crippen LogP contribution in [0, 0.1) is 0 Å². The first-order chi connectivity index (χ1) is 10.7. The van der Waals surface area contributed by atoms with Gasteiger partial charge in [-0.15, -0.1) is 0 Å². The summed E-state index contributed by atoms with van der Waals surface area (Å²) in [5.74, 6) is 0.0931. The largest absolute Gasteiger partial charge is 0.493 e. The smallest absolute Gasteiger partial charge is 0.435 e. The van der Waals surface area contributed by atoms with E-state index in [0.29, 0.717) is 18.8 Å². The maximum atomic E-state index is 12.6. The number of sulfone groups is 1. The topological polar surface area (TPSA) is 61.2 Å². The SMILES string of the molecule is Cn1nc(C(F)(F)F)cc1CS(=O)(=O)c1ccc2c(c1)CCO2. The molecule has 23 heavy (non-hydrogen) atoms. The number of hydrogen-bond donors (Lipinski definition) is 0. The molecule has 0 fully saturated rings. The number of alkyl halides is 3. The Morgan fingerprint density at radius 2 is 2.04 bits per heavy atom. The van der Waals surface area contributed by atoms with E-state index < -0.39 is 27.5 Å². The van der Waals surface area contributed by atoms with Crippen LogP contribution in [0.3, 0.4) is 0 Å². The molecule has 0 atom stereocenters. The van der Waals surface area contributed by atoms with Gasteiger partial charge in [-0.05, 0) is 29.8 Å². The Bertz CT molecular complexity index is 857. The zero-order valence-electron chi connectivity index (χ0n) is 12.1. The number of benzene rings is 1. The van der Waals surface area contributed by atoms with Crippen LogP contribution in [-0.4, -0.2) is 24.8 Å². The molecule has 0 aliphatic carbocycles. The number of hydrogen-bond acceptors (Lipinski definition) is 4. The average Bonchev–Trinajstić information content (AvgIpc) is 3.04. The normalized spacial score (nSPS) is 14.6. The predicted octanol–water partition coefficient (Wildman–Crippen LogP) is 2.35. The summed E-state index contributed by atoms with van der Waals surface area (Å²) in [6.07, 6.45) is -3.99. The second kappa shape index (κ2) is 5.26. The van der Waals surface area contributed by atoms with Gasteiger partial charge in [0.25, 0.3) is 0 Å². The van der Waals surface area contributed by atoms with E-state index in [4.69, 9.17) is 4.74 Å². The van der Waals surface area contributed by atoms with Gasteiger partial charge >= 0.3 is 6.18 Å². The molecule has 1 aromatic carbocycles. The Kier molecular flexibility index (Phi) is 3.62.